The molecule has 0 bridgehead atoms. The molecule has 3 nitrogen and oxygen atoms in total. The molecule has 1 aliphatic carbocycles. The third-order valence-electron chi connectivity index (χ3n) is 4.34. The van der Waals surface area contributed by atoms with Crippen molar-refractivity contribution >= 4 is 0 Å². The van der Waals surface area contributed by atoms with Crippen LogP contribution in [-0.4, -0.2) is 15.8 Å². The van der Waals surface area contributed by atoms with Crippen molar-refractivity contribution in [1.29, 1.82) is 0 Å². The molecule has 106 valence electrons. The van der Waals surface area contributed by atoms with E-state index in [4.69, 9.17) is 0 Å². The molecule has 1 fully saturated rings. The van der Waals surface area contributed by atoms with Gasteiger partial charge in [-0.2, -0.15) is 5.10 Å². The molecule has 20 heavy (non-hydrogen) atoms. The monoisotopic (exact) mass is 269 g/mol. The second kappa shape index (κ2) is 5.41. The summed E-state index contributed by atoms with van der Waals surface area (Å²) in [6, 6.07) is 9.44. The summed E-state index contributed by atoms with van der Waals surface area (Å²) in [5.74, 6) is 0. The molecule has 0 atom stereocenters. The van der Waals surface area contributed by atoms with Gasteiger partial charge in [-0.1, -0.05) is 24.3 Å². The highest BCUT2D eigenvalue weighted by atomic mass is 15.3. The Hall–Kier alpha value is -1.61. The van der Waals surface area contributed by atoms with Gasteiger partial charge in [-0.25, -0.2) is 0 Å². The van der Waals surface area contributed by atoms with Gasteiger partial charge in [-0.15, -0.1) is 0 Å². The van der Waals surface area contributed by atoms with Crippen LogP contribution >= 0.6 is 0 Å². The zero-order valence-corrected chi connectivity index (χ0v) is 12.6. The Labute approximate surface area is 121 Å². The fraction of sp³-hybridized carbons (Fsp3) is 0.471. The molecule has 3 rings (SSSR count). The fourth-order valence-electron chi connectivity index (χ4n) is 2.53. The normalized spacial score (nSPS) is 14.8. The fourth-order valence-corrected chi connectivity index (χ4v) is 2.53. The minimum atomic E-state index is 0.749. The van der Waals surface area contributed by atoms with Crippen molar-refractivity contribution in [2.75, 3.05) is 0 Å². The second-order valence-electron chi connectivity index (χ2n) is 5.88. The average molecular weight is 269 g/mol. The Morgan fingerprint density at radius 1 is 1.15 bits per heavy atom. The largest absolute Gasteiger partial charge is 0.310 e. The number of aromatic nitrogens is 2. The van der Waals surface area contributed by atoms with Crippen LogP contribution in [0.1, 0.15) is 40.9 Å². The van der Waals surface area contributed by atoms with Crippen LogP contribution in [0.15, 0.2) is 24.3 Å². The van der Waals surface area contributed by atoms with Crippen molar-refractivity contribution in [3.05, 3.63) is 52.3 Å². The quantitative estimate of drug-likeness (QED) is 0.904. The Bertz CT molecular complexity index is 609. The van der Waals surface area contributed by atoms with Crippen molar-refractivity contribution in [3.63, 3.8) is 0 Å². The molecule has 1 N–H and O–H groups in total. The Balaban J connectivity index is 1.80. The van der Waals surface area contributed by atoms with E-state index >= 15 is 0 Å². The predicted molar refractivity (Wildman–Crippen MR) is 81.8 cm³/mol. The van der Waals surface area contributed by atoms with Gasteiger partial charge in [0.25, 0.3) is 0 Å². The van der Waals surface area contributed by atoms with Crippen molar-refractivity contribution in [2.45, 2.75) is 52.7 Å². The maximum atomic E-state index is 4.65. The first-order valence-corrected chi connectivity index (χ1v) is 7.46. The minimum Gasteiger partial charge on any atom is -0.310 e. The smallest absolute Gasteiger partial charge is 0.0665 e. The Morgan fingerprint density at radius 3 is 2.45 bits per heavy atom. The molecular formula is C17H23N3. The van der Waals surface area contributed by atoms with E-state index in [-0.39, 0.29) is 0 Å². The molecule has 0 unspecified atom stereocenters. The van der Waals surface area contributed by atoms with Crippen LogP contribution in [0.25, 0.3) is 0 Å². The summed E-state index contributed by atoms with van der Waals surface area (Å²) in [5, 5.41) is 8.25. The van der Waals surface area contributed by atoms with E-state index in [1.807, 2.05) is 0 Å². The zero-order chi connectivity index (χ0) is 14.1. The molecule has 0 amide bonds. The van der Waals surface area contributed by atoms with E-state index in [9.17, 15) is 0 Å². The number of hydrogen-bond acceptors (Lipinski definition) is 2. The lowest BCUT2D eigenvalue weighted by atomic mass is 10.1. The maximum absolute atomic E-state index is 4.65. The molecular weight excluding hydrogens is 246 g/mol. The lowest BCUT2D eigenvalue weighted by Crippen LogP contribution is -2.17. The summed E-state index contributed by atoms with van der Waals surface area (Å²) < 4.78 is 2.13. The summed E-state index contributed by atoms with van der Waals surface area (Å²) in [6.45, 7) is 8.22. The average Bonchev–Trinajstić information content (AvgIpc) is 3.24. The van der Waals surface area contributed by atoms with Crippen molar-refractivity contribution in [1.82, 2.24) is 15.1 Å². The number of nitrogens with zero attached hydrogens (tertiary/aromatic N) is 2. The molecule has 0 spiro atoms. The third kappa shape index (κ3) is 2.78. The van der Waals surface area contributed by atoms with Crippen molar-refractivity contribution in [3.8, 4) is 0 Å². The highest BCUT2D eigenvalue weighted by molar-refractivity contribution is 5.29. The van der Waals surface area contributed by atoms with Crippen LogP contribution in [0.4, 0.5) is 0 Å². The summed E-state index contributed by atoms with van der Waals surface area (Å²) >= 11 is 0. The van der Waals surface area contributed by atoms with Gasteiger partial charge >= 0.3 is 0 Å². The van der Waals surface area contributed by atoms with Gasteiger partial charge in [0.1, 0.15) is 0 Å². The van der Waals surface area contributed by atoms with Gasteiger partial charge in [0.2, 0.25) is 0 Å². The minimum absolute atomic E-state index is 0.749. The first kappa shape index (κ1) is 13.4. The summed E-state index contributed by atoms with van der Waals surface area (Å²) in [6.07, 6.45) is 2.66. The number of hydrogen-bond donors (Lipinski definition) is 1. The molecule has 2 aromatic rings. The SMILES string of the molecule is Cc1nn(Cc2ccccc2CNC2CC2)c(C)c1C. The van der Waals surface area contributed by atoms with Gasteiger partial charge in [0, 0.05) is 18.3 Å². The maximum Gasteiger partial charge on any atom is 0.0665 e. The topological polar surface area (TPSA) is 29.9 Å². The number of rotatable bonds is 5. The van der Waals surface area contributed by atoms with Crippen molar-refractivity contribution < 1.29 is 0 Å². The van der Waals surface area contributed by atoms with E-state index in [2.05, 4.69) is 60.1 Å². The van der Waals surface area contributed by atoms with Gasteiger partial charge in [-0.3, -0.25) is 4.68 Å². The van der Waals surface area contributed by atoms with E-state index < -0.39 is 0 Å². The number of benzene rings is 1. The highest BCUT2D eigenvalue weighted by Gasteiger charge is 2.20. The third-order valence-corrected chi connectivity index (χ3v) is 4.34. The molecule has 0 saturated heterocycles. The first-order valence-electron chi connectivity index (χ1n) is 7.46. The van der Waals surface area contributed by atoms with Crippen LogP contribution in [0.5, 0.6) is 0 Å². The van der Waals surface area contributed by atoms with E-state index in [1.54, 1.807) is 0 Å². The molecule has 1 aromatic heterocycles. The highest BCUT2D eigenvalue weighted by Crippen LogP contribution is 2.20. The number of aryl methyl sites for hydroxylation is 1. The van der Waals surface area contributed by atoms with Crippen LogP contribution in [0.3, 0.4) is 0 Å². The summed E-state index contributed by atoms with van der Waals surface area (Å²) in [5.41, 5.74) is 6.47. The molecule has 0 aliphatic heterocycles. The Morgan fingerprint density at radius 2 is 1.85 bits per heavy atom. The van der Waals surface area contributed by atoms with Gasteiger partial charge < -0.3 is 5.32 Å². The van der Waals surface area contributed by atoms with Crippen molar-refractivity contribution in [2.24, 2.45) is 0 Å². The molecule has 1 aliphatic rings. The first-order chi connectivity index (χ1) is 9.65. The molecule has 0 radical (unpaired) electrons. The molecule has 1 aromatic carbocycles. The second-order valence-corrected chi connectivity index (χ2v) is 5.88. The van der Waals surface area contributed by atoms with Crippen LogP contribution in [-0.2, 0) is 13.1 Å². The number of nitrogens with one attached hydrogen (secondary N) is 1. The van der Waals surface area contributed by atoms with Crippen LogP contribution in [0.2, 0.25) is 0 Å². The van der Waals surface area contributed by atoms with E-state index in [0.29, 0.717) is 0 Å². The van der Waals surface area contributed by atoms with Crippen LogP contribution in [0, 0.1) is 20.8 Å². The molecule has 3 heteroatoms. The Kier molecular flexibility index (Phi) is 3.62. The van der Waals surface area contributed by atoms with Gasteiger partial charge in [0.05, 0.1) is 12.2 Å². The lowest BCUT2D eigenvalue weighted by molar-refractivity contribution is 0.638. The standard InChI is InChI=1S/C17H23N3/c1-12-13(2)19-20(14(12)3)11-16-7-5-4-6-15(16)10-18-17-8-9-17/h4-7,17-18H,8-11H2,1-3H3. The molecule has 1 saturated carbocycles. The predicted octanol–water partition coefficient (Wildman–Crippen LogP) is 3.11. The van der Waals surface area contributed by atoms with Gasteiger partial charge in [0.15, 0.2) is 0 Å². The van der Waals surface area contributed by atoms with E-state index in [1.165, 1.54) is 35.2 Å². The summed E-state index contributed by atoms with van der Waals surface area (Å²) in [7, 11) is 0. The summed E-state index contributed by atoms with van der Waals surface area (Å²) in [4.78, 5) is 0. The van der Waals surface area contributed by atoms with Crippen LogP contribution < -0.4 is 5.32 Å². The zero-order valence-electron chi connectivity index (χ0n) is 12.6. The van der Waals surface area contributed by atoms with Gasteiger partial charge in [-0.05, 0) is 50.3 Å². The van der Waals surface area contributed by atoms with E-state index in [0.717, 1.165) is 24.8 Å². The lowest BCUT2D eigenvalue weighted by Gasteiger charge is -2.11. The molecule has 1 heterocycles.